The lowest BCUT2D eigenvalue weighted by Crippen LogP contribution is -2.32. The summed E-state index contributed by atoms with van der Waals surface area (Å²) in [7, 11) is 4.25. The summed E-state index contributed by atoms with van der Waals surface area (Å²) in [5, 5.41) is 3.78. The van der Waals surface area contributed by atoms with E-state index >= 15 is 0 Å². The molecule has 1 aromatic rings. The molecular formula is C17H28N2. The third-order valence-electron chi connectivity index (χ3n) is 4.07. The summed E-state index contributed by atoms with van der Waals surface area (Å²) in [5.41, 5.74) is 3.21. The number of hydrogen-bond acceptors (Lipinski definition) is 2. The van der Waals surface area contributed by atoms with Gasteiger partial charge < -0.3 is 10.2 Å². The maximum atomic E-state index is 3.78. The molecule has 0 heterocycles. The van der Waals surface area contributed by atoms with Gasteiger partial charge in [0.15, 0.2) is 0 Å². The first-order valence-electron chi connectivity index (χ1n) is 7.45. The Hall–Kier alpha value is -1.02. The van der Waals surface area contributed by atoms with Gasteiger partial charge in [0.1, 0.15) is 0 Å². The summed E-state index contributed by atoms with van der Waals surface area (Å²) in [6.45, 7) is 5.79. The molecule has 1 fully saturated rings. The minimum absolute atomic E-state index is 0.492. The van der Waals surface area contributed by atoms with Crippen LogP contribution in [-0.4, -0.2) is 25.0 Å². The topological polar surface area (TPSA) is 15.3 Å². The zero-order valence-electron chi connectivity index (χ0n) is 12.9. The van der Waals surface area contributed by atoms with Crippen LogP contribution in [0, 0.1) is 5.41 Å². The Labute approximate surface area is 118 Å². The first-order chi connectivity index (χ1) is 8.96. The van der Waals surface area contributed by atoms with Gasteiger partial charge >= 0.3 is 0 Å². The molecule has 1 aliphatic rings. The molecule has 2 rings (SSSR count). The van der Waals surface area contributed by atoms with E-state index < -0.39 is 0 Å². The number of nitrogens with zero attached hydrogens (tertiary/aromatic N) is 1. The van der Waals surface area contributed by atoms with Crippen molar-refractivity contribution < 1.29 is 0 Å². The maximum absolute atomic E-state index is 3.78. The van der Waals surface area contributed by atoms with Crippen molar-refractivity contribution in [2.45, 2.75) is 52.1 Å². The van der Waals surface area contributed by atoms with Crippen molar-refractivity contribution in [1.82, 2.24) is 4.90 Å². The highest BCUT2D eigenvalue weighted by molar-refractivity contribution is 5.51. The van der Waals surface area contributed by atoms with E-state index in [4.69, 9.17) is 0 Å². The van der Waals surface area contributed by atoms with Crippen LogP contribution in [0.1, 0.15) is 45.1 Å². The van der Waals surface area contributed by atoms with E-state index in [9.17, 15) is 0 Å². The monoisotopic (exact) mass is 260 g/mol. The Balaban J connectivity index is 2.06. The van der Waals surface area contributed by atoms with Gasteiger partial charge in [0.25, 0.3) is 0 Å². The molecule has 0 radical (unpaired) electrons. The highest BCUT2D eigenvalue weighted by Gasteiger charge is 2.28. The fourth-order valence-corrected chi connectivity index (χ4v) is 3.18. The third kappa shape index (κ3) is 4.24. The normalized spacial score (nSPS) is 22.5. The fourth-order valence-electron chi connectivity index (χ4n) is 3.18. The highest BCUT2D eigenvalue weighted by atomic mass is 15.1. The van der Waals surface area contributed by atoms with Crippen LogP contribution in [-0.2, 0) is 6.54 Å². The minimum Gasteiger partial charge on any atom is -0.382 e. The van der Waals surface area contributed by atoms with E-state index in [2.05, 4.69) is 62.4 Å². The molecule has 106 valence electrons. The van der Waals surface area contributed by atoms with Gasteiger partial charge in [-0.15, -0.1) is 0 Å². The van der Waals surface area contributed by atoms with E-state index in [1.165, 1.54) is 36.9 Å². The number of rotatable bonds is 4. The second-order valence-electron chi connectivity index (χ2n) is 7.00. The molecule has 0 bridgehead atoms. The molecular weight excluding hydrogens is 232 g/mol. The molecule has 2 nitrogen and oxygen atoms in total. The highest BCUT2D eigenvalue weighted by Crippen LogP contribution is 2.36. The zero-order chi connectivity index (χ0) is 13.9. The minimum atomic E-state index is 0.492. The number of nitrogens with one attached hydrogen (secondary N) is 1. The van der Waals surface area contributed by atoms with Crippen LogP contribution in [0.15, 0.2) is 24.3 Å². The number of anilines is 1. The van der Waals surface area contributed by atoms with E-state index in [-0.39, 0.29) is 0 Å². The zero-order valence-corrected chi connectivity index (χ0v) is 12.9. The van der Waals surface area contributed by atoms with Crippen LogP contribution in [0.4, 0.5) is 5.69 Å². The first-order valence-corrected chi connectivity index (χ1v) is 7.45. The standard InChI is InChI=1S/C17H28N2/c1-17(2)11-7-9-15(12-17)18-16-10-6-5-8-14(16)13-19(3)4/h5-6,8,10,15,18H,7,9,11-13H2,1-4H3. The lowest BCUT2D eigenvalue weighted by atomic mass is 9.75. The summed E-state index contributed by atoms with van der Waals surface area (Å²) < 4.78 is 0. The predicted octanol–water partition coefficient (Wildman–Crippen LogP) is 4.13. The molecule has 0 aromatic heterocycles. The fraction of sp³-hybridized carbons (Fsp3) is 0.647. The average molecular weight is 260 g/mol. The van der Waals surface area contributed by atoms with Crippen molar-refractivity contribution in [2.75, 3.05) is 19.4 Å². The summed E-state index contributed by atoms with van der Waals surface area (Å²) in [6.07, 6.45) is 5.30. The summed E-state index contributed by atoms with van der Waals surface area (Å²) in [5.74, 6) is 0. The Morgan fingerprint density at radius 3 is 2.68 bits per heavy atom. The van der Waals surface area contributed by atoms with Gasteiger partial charge in [0, 0.05) is 18.3 Å². The molecule has 0 aliphatic heterocycles. The van der Waals surface area contributed by atoms with Gasteiger partial charge in [-0.2, -0.15) is 0 Å². The smallest absolute Gasteiger partial charge is 0.0388 e. The summed E-state index contributed by atoms with van der Waals surface area (Å²) in [4.78, 5) is 2.23. The third-order valence-corrected chi connectivity index (χ3v) is 4.07. The number of hydrogen-bond donors (Lipinski definition) is 1. The Kier molecular flexibility index (Phi) is 4.51. The van der Waals surface area contributed by atoms with Crippen LogP contribution in [0.2, 0.25) is 0 Å². The van der Waals surface area contributed by atoms with Gasteiger partial charge in [-0.25, -0.2) is 0 Å². The first kappa shape index (κ1) is 14.4. The van der Waals surface area contributed by atoms with Crippen molar-refractivity contribution in [2.24, 2.45) is 5.41 Å². The van der Waals surface area contributed by atoms with Crippen molar-refractivity contribution in [1.29, 1.82) is 0 Å². The predicted molar refractivity (Wildman–Crippen MR) is 83.5 cm³/mol. The van der Waals surface area contributed by atoms with Crippen molar-refractivity contribution in [3.05, 3.63) is 29.8 Å². The second kappa shape index (κ2) is 5.96. The molecule has 1 aromatic carbocycles. The van der Waals surface area contributed by atoms with E-state index in [0.29, 0.717) is 11.5 Å². The molecule has 1 atom stereocenters. The Bertz CT molecular complexity index is 409. The van der Waals surface area contributed by atoms with Gasteiger partial charge in [-0.1, -0.05) is 38.5 Å². The quantitative estimate of drug-likeness (QED) is 0.875. The molecule has 1 aliphatic carbocycles. The summed E-state index contributed by atoms with van der Waals surface area (Å²) >= 11 is 0. The lowest BCUT2D eigenvalue weighted by molar-refractivity contribution is 0.229. The van der Waals surface area contributed by atoms with Gasteiger partial charge in [0.2, 0.25) is 0 Å². The van der Waals surface area contributed by atoms with Crippen LogP contribution >= 0.6 is 0 Å². The Morgan fingerprint density at radius 1 is 1.26 bits per heavy atom. The molecule has 2 heteroatoms. The summed E-state index contributed by atoms with van der Waals surface area (Å²) in [6, 6.07) is 9.35. The Morgan fingerprint density at radius 2 is 2.00 bits per heavy atom. The van der Waals surface area contributed by atoms with Crippen LogP contribution in [0.25, 0.3) is 0 Å². The molecule has 1 N–H and O–H groups in total. The van der Waals surface area contributed by atoms with Crippen molar-refractivity contribution in [3.8, 4) is 0 Å². The molecule has 0 saturated heterocycles. The molecule has 1 unspecified atom stereocenters. The SMILES string of the molecule is CN(C)Cc1ccccc1NC1CCCC(C)(C)C1. The molecule has 0 spiro atoms. The van der Waals surface area contributed by atoms with Crippen molar-refractivity contribution >= 4 is 5.69 Å². The largest absolute Gasteiger partial charge is 0.382 e. The average Bonchev–Trinajstić information content (AvgIpc) is 2.30. The number of para-hydroxylation sites is 1. The van der Waals surface area contributed by atoms with E-state index in [0.717, 1.165) is 6.54 Å². The van der Waals surface area contributed by atoms with Gasteiger partial charge in [-0.3, -0.25) is 0 Å². The van der Waals surface area contributed by atoms with E-state index in [1.54, 1.807) is 0 Å². The second-order valence-corrected chi connectivity index (χ2v) is 7.00. The maximum Gasteiger partial charge on any atom is 0.0388 e. The van der Waals surface area contributed by atoms with Gasteiger partial charge in [0.05, 0.1) is 0 Å². The molecule has 19 heavy (non-hydrogen) atoms. The molecule has 1 saturated carbocycles. The van der Waals surface area contributed by atoms with Crippen molar-refractivity contribution in [3.63, 3.8) is 0 Å². The lowest BCUT2D eigenvalue weighted by Gasteiger charge is -2.36. The number of benzene rings is 1. The molecule has 0 amide bonds. The van der Waals surface area contributed by atoms with E-state index in [1.807, 2.05) is 0 Å². The van der Waals surface area contributed by atoms with Crippen LogP contribution in [0.3, 0.4) is 0 Å². The van der Waals surface area contributed by atoms with Crippen LogP contribution in [0.5, 0.6) is 0 Å². The van der Waals surface area contributed by atoms with Gasteiger partial charge in [-0.05, 0) is 50.4 Å². The van der Waals surface area contributed by atoms with Crippen LogP contribution < -0.4 is 5.32 Å².